The summed E-state index contributed by atoms with van der Waals surface area (Å²) in [5.41, 5.74) is 9.74. The van der Waals surface area contributed by atoms with Crippen molar-refractivity contribution in [1.82, 2.24) is 5.43 Å². The number of carbonyl (C=O) groups is 1. The summed E-state index contributed by atoms with van der Waals surface area (Å²) in [5.74, 6) is -0.164. The van der Waals surface area contributed by atoms with Crippen molar-refractivity contribution in [2.24, 2.45) is 10.8 Å². The second kappa shape index (κ2) is 4.24. The molecule has 0 heterocycles. The summed E-state index contributed by atoms with van der Waals surface area (Å²) >= 11 is 4.63. The Hall–Kier alpha value is -2.01. The van der Waals surface area contributed by atoms with Crippen LogP contribution in [0.5, 0.6) is 0 Å². The number of hydrogen-bond acceptors (Lipinski definition) is 3. The first-order valence-electron chi connectivity index (χ1n) is 4.63. The molecule has 2 rings (SSSR count). The van der Waals surface area contributed by atoms with Gasteiger partial charge in [0.15, 0.2) is 5.11 Å². The van der Waals surface area contributed by atoms with Crippen LogP contribution in [0.15, 0.2) is 35.4 Å². The smallest absolute Gasteiger partial charge is 0.206 e. The summed E-state index contributed by atoms with van der Waals surface area (Å²) in [6.07, 6.45) is 3.24. The SMILES string of the molecule is NC(=S)NN=C1C(=O)C=Cc2ccccc21. The number of hydrogen-bond donors (Lipinski definition) is 2. The lowest BCUT2D eigenvalue weighted by Crippen LogP contribution is -2.28. The summed E-state index contributed by atoms with van der Waals surface area (Å²) in [7, 11) is 0. The number of carbonyl (C=O) groups excluding carboxylic acids is 1. The Bertz CT molecular complexity index is 520. The van der Waals surface area contributed by atoms with Crippen molar-refractivity contribution < 1.29 is 4.79 Å². The lowest BCUT2D eigenvalue weighted by atomic mass is 9.95. The molecule has 0 spiro atoms. The summed E-state index contributed by atoms with van der Waals surface area (Å²) in [6, 6.07) is 7.49. The van der Waals surface area contributed by atoms with E-state index in [9.17, 15) is 4.79 Å². The van der Waals surface area contributed by atoms with E-state index in [1.165, 1.54) is 6.08 Å². The van der Waals surface area contributed by atoms with Crippen LogP contribution in [0.1, 0.15) is 11.1 Å². The molecule has 0 radical (unpaired) electrons. The molecule has 0 fully saturated rings. The lowest BCUT2D eigenvalue weighted by molar-refractivity contribution is -0.108. The predicted molar refractivity (Wildman–Crippen MR) is 66.9 cm³/mol. The van der Waals surface area contributed by atoms with Crippen molar-refractivity contribution in [3.05, 3.63) is 41.5 Å². The standard InChI is InChI=1S/C11H9N3OS/c12-11(16)14-13-10-8-4-2-1-3-7(8)5-6-9(10)15/h1-6H,(H3,12,14,16). The van der Waals surface area contributed by atoms with E-state index in [4.69, 9.17) is 5.73 Å². The number of nitrogens with one attached hydrogen (secondary N) is 1. The van der Waals surface area contributed by atoms with Gasteiger partial charge in [-0.15, -0.1) is 0 Å². The maximum Gasteiger partial charge on any atom is 0.206 e. The molecule has 1 aliphatic rings. The highest BCUT2D eigenvalue weighted by Gasteiger charge is 2.18. The number of allylic oxidation sites excluding steroid dienone is 1. The van der Waals surface area contributed by atoms with Gasteiger partial charge in [0, 0.05) is 5.56 Å². The number of hydrazone groups is 1. The number of nitrogens with zero attached hydrogens (tertiary/aromatic N) is 1. The number of fused-ring (bicyclic) bond motifs is 1. The van der Waals surface area contributed by atoms with Crippen LogP contribution < -0.4 is 11.2 Å². The quantitative estimate of drug-likeness (QED) is 0.554. The Morgan fingerprint density at radius 3 is 2.81 bits per heavy atom. The summed E-state index contributed by atoms with van der Waals surface area (Å²) in [6.45, 7) is 0. The largest absolute Gasteiger partial charge is 0.375 e. The van der Waals surface area contributed by atoms with Crippen LogP contribution in [0.25, 0.3) is 6.08 Å². The number of benzene rings is 1. The minimum absolute atomic E-state index is 0.0346. The Kier molecular flexibility index (Phi) is 2.78. The zero-order chi connectivity index (χ0) is 11.5. The third kappa shape index (κ3) is 1.99. The zero-order valence-corrected chi connectivity index (χ0v) is 9.12. The van der Waals surface area contributed by atoms with E-state index in [0.717, 1.165) is 11.1 Å². The Labute approximate surface area is 97.8 Å². The first-order valence-corrected chi connectivity index (χ1v) is 5.04. The molecule has 4 nitrogen and oxygen atoms in total. The van der Waals surface area contributed by atoms with E-state index in [0.29, 0.717) is 5.71 Å². The highest BCUT2D eigenvalue weighted by Crippen LogP contribution is 2.17. The van der Waals surface area contributed by atoms with E-state index < -0.39 is 0 Å². The Morgan fingerprint density at radius 1 is 1.31 bits per heavy atom. The molecule has 1 aromatic carbocycles. The van der Waals surface area contributed by atoms with Gasteiger partial charge in [0.25, 0.3) is 0 Å². The van der Waals surface area contributed by atoms with Gasteiger partial charge in [0.05, 0.1) is 0 Å². The zero-order valence-electron chi connectivity index (χ0n) is 8.31. The average molecular weight is 231 g/mol. The van der Waals surface area contributed by atoms with Crippen LogP contribution in [0.3, 0.4) is 0 Å². The normalized spacial score (nSPS) is 16.0. The van der Waals surface area contributed by atoms with Crippen molar-refractivity contribution in [2.75, 3.05) is 0 Å². The molecule has 1 aromatic rings. The summed E-state index contributed by atoms with van der Waals surface area (Å²) in [4.78, 5) is 11.6. The first-order chi connectivity index (χ1) is 7.68. The molecule has 0 aliphatic heterocycles. The maximum atomic E-state index is 11.6. The molecule has 80 valence electrons. The Balaban J connectivity index is 2.45. The monoisotopic (exact) mass is 231 g/mol. The van der Waals surface area contributed by atoms with Crippen molar-refractivity contribution >= 4 is 34.9 Å². The molecule has 3 N–H and O–H groups in total. The van der Waals surface area contributed by atoms with Gasteiger partial charge >= 0.3 is 0 Å². The molecule has 1 aliphatic carbocycles. The van der Waals surface area contributed by atoms with Crippen LogP contribution in [0.2, 0.25) is 0 Å². The predicted octanol–water partition coefficient (Wildman–Crippen LogP) is 0.820. The molecule has 0 saturated heterocycles. The summed E-state index contributed by atoms with van der Waals surface area (Å²) in [5, 5.41) is 3.94. The number of ketones is 1. The fraction of sp³-hybridized carbons (Fsp3) is 0. The van der Waals surface area contributed by atoms with Crippen LogP contribution in [-0.4, -0.2) is 16.6 Å². The molecule has 0 saturated carbocycles. The minimum atomic E-state index is -0.164. The lowest BCUT2D eigenvalue weighted by Gasteiger charge is -2.11. The molecular weight excluding hydrogens is 222 g/mol. The van der Waals surface area contributed by atoms with Crippen LogP contribution in [-0.2, 0) is 4.79 Å². The molecule has 5 heteroatoms. The molecule has 0 unspecified atom stereocenters. The van der Waals surface area contributed by atoms with Gasteiger partial charge in [0.2, 0.25) is 5.78 Å². The van der Waals surface area contributed by atoms with Gasteiger partial charge in [-0.2, -0.15) is 5.10 Å². The van der Waals surface area contributed by atoms with Crippen molar-refractivity contribution in [3.63, 3.8) is 0 Å². The highest BCUT2D eigenvalue weighted by molar-refractivity contribution is 7.80. The average Bonchev–Trinajstić information content (AvgIpc) is 2.27. The maximum absolute atomic E-state index is 11.6. The molecule has 0 aromatic heterocycles. The van der Waals surface area contributed by atoms with Crippen molar-refractivity contribution in [3.8, 4) is 0 Å². The number of nitrogens with two attached hydrogens (primary N) is 1. The molecule has 0 amide bonds. The van der Waals surface area contributed by atoms with Gasteiger partial charge < -0.3 is 5.73 Å². The Morgan fingerprint density at radius 2 is 2.06 bits per heavy atom. The topological polar surface area (TPSA) is 67.5 Å². The van der Waals surface area contributed by atoms with E-state index in [-0.39, 0.29) is 10.9 Å². The number of thiocarbonyl (C=S) groups is 1. The van der Waals surface area contributed by atoms with Gasteiger partial charge in [-0.25, -0.2) is 0 Å². The first kappa shape index (κ1) is 10.5. The minimum Gasteiger partial charge on any atom is -0.375 e. The second-order valence-electron chi connectivity index (χ2n) is 3.22. The third-order valence-electron chi connectivity index (χ3n) is 2.14. The van der Waals surface area contributed by atoms with Gasteiger partial charge in [-0.1, -0.05) is 30.3 Å². The van der Waals surface area contributed by atoms with E-state index in [1.807, 2.05) is 24.3 Å². The molecule has 0 bridgehead atoms. The van der Waals surface area contributed by atoms with Gasteiger partial charge in [0.1, 0.15) is 5.71 Å². The fourth-order valence-electron chi connectivity index (χ4n) is 1.46. The van der Waals surface area contributed by atoms with Crippen molar-refractivity contribution in [2.45, 2.75) is 0 Å². The van der Waals surface area contributed by atoms with Gasteiger partial charge in [-0.3, -0.25) is 10.2 Å². The third-order valence-corrected chi connectivity index (χ3v) is 2.23. The van der Waals surface area contributed by atoms with Crippen LogP contribution in [0, 0.1) is 0 Å². The second-order valence-corrected chi connectivity index (χ2v) is 3.66. The van der Waals surface area contributed by atoms with Crippen molar-refractivity contribution in [1.29, 1.82) is 0 Å². The van der Waals surface area contributed by atoms with E-state index in [1.54, 1.807) is 6.08 Å². The highest BCUT2D eigenvalue weighted by atomic mass is 32.1. The molecule has 0 atom stereocenters. The fourth-order valence-corrected chi connectivity index (χ4v) is 1.51. The summed E-state index contributed by atoms with van der Waals surface area (Å²) < 4.78 is 0. The molecule has 16 heavy (non-hydrogen) atoms. The van der Waals surface area contributed by atoms with Crippen LogP contribution in [0.4, 0.5) is 0 Å². The van der Waals surface area contributed by atoms with E-state index in [2.05, 4.69) is 22.7 Å². The van der Waals surface area contributed by atoms with Gasteiger partial charge in [-0.05, 0) is 23.9 Å². The molecular formula is C11H9N3OS. The van der Waals surface area contributed by atoms with E-state index >= 15 is 0 Å². The van der Waals surface area contributed by atoms with Crippen LogP contribution >= 0.6 is 12.2 Å². The number of rotatable bonds is 1.